The number of hydrogen-bond donors (Lipinski definition) is 0. The number of rotatable bonds is 10. The third-order valence-corrected chi connectivity index (χ3v) is 4.48. The first kappa shape index (κ1) is 19.5. The molecule has 0 heterocycles. The fourth-order valence-corrected chi connectivity index (χ4v) is 2.51. The molecule has 1 aromatic rings. The summed E-state index contributed by atoms with van der Waals surface area (Å²) in [5.74, 6) is -0.0244. The number of carbonyl (C=O) groups is 1. The fraction of sp³-hybridized carbons (Fsp3) is 0.588. The first-order valence-corrected chi connectivity index (χ1v) is 9.61. The molecule has 0 saturated carbocycles. The minimum atomic E-state index is -3.68. The van der Waals surface area contributed by atoms with Gasteiger partial charge in [0.2, 0.25) is 0 Å². The number of esters is 1. The maximum absolute atomic E-state index is 12.1. The van der Waals surface area contributed by atoms with Crippen LogP contribution in [0.2, 0.25) is 0 Å². The molecule has 0 atom stereocenters. The maximum atomic E-state index is 12.1. The highest BCUT2D eigenvalue weighted by atomic mass is 32.2. The van der Waals surface area contributed by atoms with Gasteiger partial charge in [0.05, 0.1) is 12.4 Å². The lowest BCUT2D eigenvalue weighted by molar-refractivity contribution is 0.0495. The minimum absolute atomic E-state index is 0.0131. The van der Waals surface area contributed by atoms with Gasteiger partial charge in [-0.25, -0.2) is 4.79 Å². The molecular formula is C17H26O5S. The van der Waals surface area contributed by atoms with Crippen LogP contribution in [0, 0.1) is 5.92 Å². The van der Waals surface area contributed by atoms with E-state index in [1.807, 2.05) is 0 Å². The second kappa shape index (κ2) is 9.55. The van der Waals surface area contributed by atoms with E-state index in [2.05, 4.69) is 13.8 Å². The quantitative estimate of drug-likeness (QED) is 0.367. The number of ether oxygens (including phenoxy) is 1. The highest BCUT2D eigenvalue weighted by Gasteiger charge is 2.18. The summed E-state index contributed by atoms with van der Waals surface area (Å²) in [6.07, 6.45) is 4.09. The molecule has 0 bridgehead atoms. The van der Waals surface area contributed by atoms with Gasteiger partial charge in [0, 0.05) is 0 Å². The average Bonchev–Trinajstić information content (AvgIpc) is 2.50. The average molecular weight is 342 g/mol. The Morgan fingerprint density at radius 3 is 2.48 bits per heavy atom. The molecule has 23 heavy (non-hydrogen) atoms. The third-order valence-electron chi connectivity index (χ3n) is 3.34. The summed E-state index contributed by atoms with van der Waals surface area (Å²) in [5.41, 5.74) is 0.131. The van der Waals surface area contributed by atoms with Crippen LogP contribution >= 0.6 is 0 Å². The van der Waals surface area contributed by atoms with Gasteiger partial charge < -0.3 is 8.92 Å². The van der Waals surface area contributed by atoms with Crippen LogP contribution in [0.15, 0.2) is 24.3 Å². The predicted molar refractivity (Wildman–Crippen MR) is 90.1 cm³/mol. The molecule has 130 valence electrons. The SMILES string of the molecule is CCS(=O)(=O)Oc1ccccc1C(=O)OCCCCCC(C)C. The molecule has 5 nitrogen and oxygen atoms in total. The number of para-hydroxylation sites is 1. The van der Waals surface area contributed by atoms with Gasteiger partial charge in [-0.1, -0.05) is 45.2 Å². The molecule has 0 aromatic heterocycles. The Bertz CT molecular complexity index is 593. The van der Waals surface area contributed by atoms with E-state index in [4.69, 9.17) is 8.92 Å². The molecule has 0 amide bonds. The van der Waals surface area contributed by atoms with Crippen LogP contribution < -0.4 is 4.18 Å². The van der Waals surface area contributed by atoms with Crippen molar-refractivity contribution in [3.8, 4) is 5.75 Å². The minimum Gasteiger partial charge on any atom is -0.462 e. The van der Waals surface area contributed by atoms with Crippen molar-refractivity contribution in [2.24, 2.45) is 5.92 Å². The van der Waals surface area contributed by atoms with Gasteiger partial charge in [0.25, 0.3) is 0 Å². The van der Waals surface area contributed by atoms with Gasteiger partial charge in [-0.2, -0.15) is 8.42 Å². The zero-order chi connectivity index (χ0) is 17.3. The van der Waals surface area contributed by atoms with Gasteiger partial charge >= 0.3 is 16.1 Å². The maximum Gasteiger partial charge on any atom is 0.341 e. The van der Waals surface area contributed by atoms with Crippen molar-refractivity contribution in [2.45, 2.75) is 46.5 Å². The summed E-state index contributed by atoms with van der Waals surface area (Å²) >= 11 is 0. The van der Waals surface area contributed by atoms with Gasteiger partial charge in [0.1, 0.15) is 5.56 Å². The Morgan fingerprint density at radius 1 is 1.13 bits per heavy atom. The monoisotopic (exact) mass is 342 g/mol. The van der Waals surface area contributed by atoms with Crippen molar-refractivity contribution in [1.82, 2.24) is 0 Å². The first-order valence-electron chi connectivity index (χ1n) is 8.04. The summed E-state index contributed by atoms with van der Waals surface area (Å²) < 4.78 is 33.3. The van der Waals surface area contributed by atoms with Crippen molar-refractivity contribution in [1.29, 1.82) is 0 Å². The second-order valence-electron chi connectivity index (χ2n) is 5.80. The standard InChI is InChI=1S/C17H26O5S/c1-4-23(19,20)22-16-12-8-7-11-15(16)17(18)21-13-9-5-6-10-14(2)3/h7-8,11-12,14H,4-6,9-10,13H2,1-3H3. The van der Waals surface area contributed by atoms with Gasteiger partial charge in [-0.3, -0.25) is 0 Å². The molecule has 0 fully saturated rings. The molecule has 0 radical (unpaired) electrons. The van der Waals surface area contributed by atoms with Crippen molar-refractivity contribution < 1.29 is 22.1 Å². The van der Waals surface area contributed by atoms with Gasteiger partial charge in [-0.05, 0) is 31.4 Å². The summed E-state index contributed by atoms with van der Waals surface area (Å²) in [4.78, 5) is 12.1. The largest absolute Gasteiger partial charge is 0.462 e. The van der Waals surface area contributed by atoms with E-state index in [0.29, 0.717) is 12.5 Å². The molecule has 0 aliphatic rings. The Kier molecular flexibility index (Phi) is 8.09. The zero-order valence-electron chi connectivity index (χ0n) is 14.1. The smallest absolute Gasteiger partial charge is 0.341 e. The molecule has 0 saturated heterocycles. The lowest BCUT2D eigenvalue weighted by atomic mass is 10.1. The fourth-order valence-electron chi connectivity index (χ4n) is 1.98. The lowest BCUT2D eigenvalue weighted by Gasteiger charge is -2.10. The molecule has 6 heteroatoms. The van der Waals surface area contributed by atoms with Gasteiger partial charge in [0.15, 0.2) is 5.75 Å². The first-order chi connectivity index (χ1) is 10.9. The Balaban J connectivity index is 2.53. The lowest BCUT2D eigenvalue weighted by Crippen LogP contribution is -2.15. The Hall–Kier alpha value is -1.56. The highest BCUT2D eigenvalue weighted by molar-refractivity contribution is 7.87. The normalized spacial score (nSPS) is 11.5. The van der Waals surface area contributed by atoms with Crippen LogP contribution in [0.3, 0.4) is 0 Å². The van der Waals surface area contributed by atoms with Crippen molar-refractivity contribution in [2.75, 3.05) is 12.4 Å². The molecule has 0 spiro atoms. The number of hydrogen-bond acceptors (Lipinski definition) is 5. The zero-order valence-corrected chi connectivity index (χ0v) is 14.9. The van der Waals surface area contributed by atoms with E-state index in [1.165, 1.54) is 25.5 Å². The number of benzene rings is 1. The molecule has 0 aliphatic heterocycles. The molecule has 1 rings (SSSR count). The predicted octanol–water partition coefficient (Wildman–Crippen LogP) is 3.79. The number of unbranched alkanes of at least 4 members (excludes halogenated alkanes) is 2. The molecule has 0 unspecified atom stereocenters. The van der Waals surface area contributed by atoms with E-state index in [-0.39, 0.29) is 17.1 Å². The molecule has 0 aliphatic carbocycles. The van der Waals surface area contributed by atoms with Gasteiger partial charge in [-0.15, -0.1) is 0 Å². The van der Waals surface area contributed by atoms with E-state index in [9.17, 15) is 13.2 Å². The summed E-state index contributed by atoms with van der Waals surface area (Å²) in [7, 11) is -3.68. The summed E-state index contributed by atoms with van der Waals surface area (Å²) in [6.45, 7) is 6.17. The van der Waals surface area contributed by atoms with Crippen LogP contribution in [-0.2, 0) is 14.9 Å². The van der Waals surface area contributed by atoms with E-state index >= 15 is 0 Å². The van der Waals surface area contributed by atoms with Crippen molar-refractivity contribution >= 4 is 16.1 Å². The summed E-state index contributed by atoms with van der Waals surface area (Å²) in [6, 6.07) is 6.21. The Morgan fingerprint density at radius 2 is 1.83 bits per heavy atom. The van der Waals surface area contributed by atoms with Crippen molar-refractivity contribution in [3.05, 3.63) is 29.8 Å². The third kappa shape index (κ3) is 7.50. The molecule has 1 aromatic carbocycles. The van der Waals surface area contributed by atoms with E-state index < -0.39 is 16.1 Å². The topological polar surface area (TPSA) is 69.7 Å². The molecule has 0 N–H and O–H groups in total. The second-order valence-corrected chi connectivity index (χ2v) is 7.66. The number of carbonyl (C=O) groups excluding carboxylic acids is 1. The van der Waals surface area contributed by atoms with E-state index in [1.54, 1.807) is 12.1 Å². The van der Waals surface area contributed by atoms with E-state index in [0.717, 1.165) is 19.3 Å². The van der Waals surface area contributed by atoms with Crippen LogP contribution in [0.4, 0.5) is 0 Å². The molecular weight excluding hydrogens is 316 g/mol. The highest BCUT2D eigenvalue weighted by Crippen LogP contribution is 2.21. The van der Waals surface area contributed by atoms with Crippen LogP contribution in [0.1, 0.15) is 56.8 Å². The van der Waals surface area contributed by atoms with Crippen LogP contribution in [0.5, 0.6) is 5.75 Å². The summed E-state index contributed by atoms with van der Waals surface area (Å²) in [5, 5.41) is 0. The van der Waals surface area contributed by atoms with Crippen LogP contribution in [-0.4, -0.2) is 26.7 Å². The Labute approximate surface area is 139 Å². The van der Waals surface area contributed by atoms with Crippen molar-refractivity contribution in [3.63, 3.8) is 0 Å². The van der Waals surface area contributed by atoms with Crippen LogP contribution in [0.25, 0.3) is 0 Å².